The highest BCUT2D eigenvalue weighted by Crippen LogP contribution is 2.26. The van der Waals surface area contributed by atoms with E-state index in [0.717, 1.165) is 6.54 Å². The van der Waals surface area contributed by atoms with E-state index < -0.39 is 0 Å². The molecule has 2 heterocycles. The average molecular weight is 305 g/mol. The minimum atomic E-state index is 0. The molecule has 19 heavy (non-hydrogen) atoms. The normalized spacial score (nSPS) is 22.9. The lowest BCUT2D eigenvalue weighted by molar-refractivity contribution is -0.144. The topological polar surface area (TPSA) is 41.6 Å². The molecule has 1 amide bonds. The van der Waals surface area contributed by atoms with Gasteiger partial charge in [0.25, 0.3) is 0 Å². The summed E-state index contributed by atoms with van der Waals surface area (Å²) < 4.78 is 5.91. The second-order valence-corrected chi connectivity index (χ2v) is 5.42. The monoisotopic (exact) mass is 304 g/mol. The zero-order chi connectivity index (χ0) is 13.0. The van der Waals surface area contributed by atoms with Gasteiger partial charge in [0.05, 0.1) is 12.6 Å². The predicted molar refractivity (Wildman–Crippen MR) is 80.0 cm³/mol. The number of amides is 1. The number of thiophene rings is 1. The van der Waals surface area contributed by atoms with Crippen molar-refractivity contribution in [3.8, 4) is 0 Å². The summed E-state index contributed by atoms with van der Waals surface area (Å²) in [4.78, 5) is 14.0. The van der Waals surface area contributed by atoms with Crippen LogP contribution in [-0.2, 0) is 9.53 Å². The number of nitrogens with zero attached hydrogens (tertiary/aromatic N) is 1. The fraction of sp³-hybridized carbons (Fsp3) is 0.615. The predicted octanol–water partition coefficient (Wildman–Crippen LogP) is 2.07. The lowest BCUT2D eigenvalue weighted by atomic mass is 10.1. The largest absolute Gasteiger partial charge is 0.367 e. The third kappa shape index (κ3) is 4.45. The van der Waals surface area contributed by atoms with Crippen LogP contribution in [0.5, 0.6) is 0 Å². The molecule has 1 aromatic rings. The van der Waals surface area contributed by atoms with Gasteiger partial charge in [-0.2, -0.15) is 11.3 Å². The van der Waals surface area contributed by atoms with E-state index in [0.29, 0.717) is 19.5 Å². The highest BCUT2D eigenvalue weighted by atomic mass is 35.5. The van der Waals surface area contributed by atoms with E-state index in [-0.39, 0.29) is 30.5 Å². The molecule has 6 heteroatoms. The Balaban J connectivity index is 0.00000180. The number of halogens is 1. The first-order valence-corrected chi connectivity index (χ1v) is 7.25. The minimum Gasteiger partial charge on any atom is -0.367 e. The van der Waals surface area contributed by atoms with Crippen LogP contribution in [0.4, 0.5) is 0 Å². The van der Waals surface area contributed by atoms with Crippen LogP contribution in [-0.4, -0.2) is 43.6 Å². The molecule has 0 radical (unpaired) electrons. The van der Waals surface area contributed by atoms with Crippen molar-refractivity contribution in [1.29, 1.82) is 0 Å². The van der Waals surface area contributed by atoms with E-state index in [1.54, 1.807) is 11.3 Å². The van der Waals surface area contributed by atoms with Gasteiger partial charge in [0.15, 0.2) is 0 Å². The molecule has 0 saturated carbocycles. The SMILES string of the molecule is CNCCC(=O)N1CC(C)OC(c2ccsc2)C1.Cl. The van der Waals surface area contributed by atoms with E-state index in [1.807, 2.05) is 24.3 Å². The van der Waals surface area contributed by atoms with Gasteiger partial charge in [-0.05, 0) is 36.4 Å². The lowest BCUT2D eigenvalue weighted by Gasteiger charge is -2.36. The molecule has 0 aliphatic carbocycles. The van der Waals surface area contributed by atoms with Crippen molar-refractivity contribution >= 4 is 29.7 Å². The Morgan fingerprint density at radius 2 is 2.37 bits per heavy atom. The molecule has 2 atom stereocenters. The highest BCUT2D eigenvalue weighted by molar-refractivity contribution is 7.07. The average Bonchev–Trinajstić information content (AvgIpc) is 2.89. The number of ether oxygens (including phenoxy) is 1. The third-order valence-corrected chi connectivity index (χ3v) is 3.82. The van der Waals surface area contributed by atoms with Crippen LogP contribution in [0.1, 0.15) is 25.0 Å². The smallest absolute Gasteiger partial charge is 0.224 e. The van der Waals surface area contributed by atoms with Crippen LogP contribution in [0.2, 0.25) is 0 Å². The van der Waals surface area contributed by atoms with Crippen molar-refractivity contribution in [1.82, 2.24) is 10.2 Å². The highest BCUT2D eigenvalue weighted by Gasteiger charge is 2.29. The van der Waals surface area contributed by atoms with Gasteiger partial charge >= 0.3 is 0 Å². The molecule has 1 saturated heterocycles. The Bertz CT molecular complexity index is 386. The summed E-state index contributed by atoms with van der Waals surface area (Å²) in [5.41, 5.74) is 1.18. The van der Waals surface area contributed by atoms with E-state index in [2.05, 4.69) is 16.8 Å². The number of rotatable bonds is 4. The Morgan fingerprint density at radius 3 is 3.00 bits per heavy atom. The van der Waals surface area contributed by atoms with Crippen LogP contribution in [0.15, 0.2) is 16.8 Å². The van der Waals surface area contributed by atoms with Gasteiger partial charge in [-0.3, -0.25) is 4.79 Å². The number of carbonyl (C=O) groups excluding carboxylic acids is 1. The first-order valence-electron chi connectivity index (χ1n) is 6.30. The molecule has 2 rings (SSSR count). The summed E-state index contributed by atoms with van der Waals surface area (Å²) in [5, 5.41) is 7.15. The van der Waals surface area contributed by atoms with Crippen molar-refractivity contribution in [3.05, 3.63) is 22.4 Å². The first kappa shape index (κ1) is 16.4. The molecule has 2 unspecified atom stereocenters. The Labute approximate surface area is 124 Å². The Kier molecular flexibility index (Phi) is 6.79. The van der Waals surface area contributed by atoms with Crippen molar-refractivity contribution in [2.45, 2.75) is 25.6 Å². The summed E-state index contributed by atoms with van der Waals surface area (Å²) >= 11 is 1.66. The molecular weight excluding hydrogens is 284 g/mol. The van der Waals surface area contributed by atoms with Crippen LogP contribution in [0.3, 0.4) is 0 Å². The molecule has 0 bridgehead atoms. The fourth-order valence-electron chi connectivity index (χ4n) is 2.19. The zero-order valence-corrected chi connectivity index (χ0v) is 12.9. The second-order valence-electron chi connectivity index (χ2n) is 4.64. The molecule has 0 aromatic carbocycles. The van der Waals surface area contributed by atoms with Gasteiger partial charge in [0.2, 0.25) is 5.91 Å². The molecule has 1 aromatic heterocycles. The molecule has 1 N–H and O–H groups in total. The summed E-state index contributed by atoms with van der Waals surface area (Å²) in [7, 11) is 1.86. The molecular formula is C13H21ClN2O2S. The standard InChI is InChI=1S/C13H20N2O2S.ClH/c1-10-7-15(13(16)3-5-14-2)8-12(17-10)11-4-6-18-9-11;/h4,6,9-10,12,14H,3,5,7-8H2,1-2H3;1H. The molecule has 1 fully saturated rings. The van der Waals surface area contributed by atoms with Crippen LogP contribution in [0, 0.1) is 0 Å². The number of morpholine rings is 1. The summed E-state index contributed by atoms with van der Waals surface area (Å²) in [6.07, 6.45) is 0.681. The van der Waals surface area contributed by atoms with E-state index in [1.165, 1.54) is 5.56 Å². The lowest BCUT2D eigenvalue weighted by Crippen LogP contribution is -2.46. The quantitative estimate of drug-likeness (QED) is 0.926. The van der Waals surface area contributed by atoms with Gasteiger partial charge in [-0.15, -0.1) is 12.4 Å². The van der Waals surface area contributed by atoms with E-state index in [4.69, 9.17) is 4.74 Å². The molecule has 1 aliphatic rings. The number of nitrogens with one attached hydrogen (secondary N) is 1. The molecule has 108 valence electrons. The van der Waals surface area contributed by atoms with Crippen LogP contribution < -0.4 is 5.32 Å². The zero-order valence-electron chi connectivity index (χ0n) is 11.3. The molecule has 0 spiro atoms. The van der Waals surface area contributed by atoms with Gasteiger partial charge < -0.3 is 15.0 Å². The van der Waals surface area contributed by atoms with Gasteiger partial charge in [-0.25, -0.2) is 0 Å². The van der Waals surface area contributed by atoms with Crippen molar-refractivity contribution in [2.24, 2.45) is 0 Å². The van der Waals surface area contributed by atoms with Crippen molar-refractivity contribution < 1.29 is 9.53 Å². The second kappa shape index (κ2) is 7.85. The van der Waals surface area contributed by atoms with Gasteiger partial charge in [0, 0.05) is 19.5 Å². The Morgan fingerprint density at radius 1 is 1.58 bits per heavy atom. The minimum absolute atomic E-state index is 0. The van der Waals surface area contributed by atoms with E-state index >= 15 is 0 Å². The maximum absolute atomic E-state index is 12.1. The number of hydrogen-bond acceptors (Lipinski definition) is 4. The fourth-order valence-corrected chi connectivity index (χ4v) is 2.89. The maximum atomic E-state index is 12.1. The van der Waals surface area contributed by atoms with Crippen LogP contribution >= 0.6 is 23.7 Å². The van der Waals surface area contributed by atoms with Gasteiger partial charge in [0.1, 0.15) is 6.10 Å². The maximum Gasteiger partial charge on any atom is 0.224 e. The van der Waals surface area contributed by atoms with Crippen molar-refractivity contribution in [3.63, 3.8) is 0 Å². The van der Waals surface area contributed by atoms with E-state index in [9.17, 15) is 4.79 Å². The molecule has 4 nitrogen and oxygen atoms in total. The van der Waals surface area contributed by atoms with Crippen LogP contribution in [0.25, 0.3) is 0 Å². The summed E-state index contributed by atoms with van der Waals surface area (Å²) in [6.45, 7) is 4.12. The van der Waals surface area contributed by atoms with Crippen molar-refractivity contribution in [2.75, 3.05) is 26.7 Å². The summed E-state index contributed by atoms with van der Waals surface area (Å²) in [6, 6.07) is 2.07. The number of hydrogen-bond donors (Lipinski definition) is 1. The summed E-state index contributed by atoms with van der Waals surface area (Å²) in [5.74, 6) is 0.208. The number of carbonyl (C=O) groups is 1. The first-order chi connectivity index (χ1) is 8.70. The van der Waals surface area contributed by atoms with Gasteiger partial charge in [-0.1, -0.05) is 0 Å². The Hall–Kier alpha value is -0.620. The third-order valence-electron chi connectivity index (χ3n) is 3.12. The molecule has 1 aliphatic heterocycles.